The Labute approximate surface area is 126 Å². The lowest BCUT2D eigenvalue weighted by Crippen LogP contribution is -2.38. The molecular weight excluding hydrogens is 270 g/mol. The fourth-order valence-corrected chi connectivity index (χ4v) is 3.27. The van der Waals surface area contributed by atoms with Crippen molar-refractivity contribution in [3.05, 3.63) is 29.8 Å². The van der Waals surface area contributed by atoms with Crippen molar-refractivity contribution in [2.75, 3.05) is 7.05 Å². The van der Waals surface area contributed by atoms with Gasteiger partial charge in [0.25, 0.3) is 0 Å². The van der Waals surface area contributed by atoms with E-state index in [1.165, 1.54) is 5.56 Å². The van der Waals surface area contributed by atoms with Gasteiger partial charge >= 0.3 is 0 Å². The molecule has 0 aliphatic carbocycles. The summed E-state index contributed by atoms with van der Waals surface area (Å²) in [6.07, 6.45) is -0.237. The minimum atomic E-state index is -0.550. The molecule has 0 aliphatic heterocycles. The van der Waals surface area contributed by atoms with Crippen LogP contribution in [0.3, 0.4) is 0 Å². The monoisotopic (exact) mass is 295 g/mol. The van der Waals surface area contributed by atoms with E-state index in [2.05, 4.69) is 5.32 Å². The van der Waals surface area contributed by atoms with Crippen LogP contribution in [0.15, 0.2) is 29.2 Å². The Hall–Kier alpha value is -1.00. The van der Waals surface area contributed by atoms with Gasteiger partial charge in [-0.25, -0.2) is 0 Å². The molecule has 0 saturated carbocycles. The molecular formula is C16H25NO2S. The summed E-state index contributed by atoms with van der Waals surface area (Å²) in [5, 5.41) is 13.0. The summed E-state index contributed by atoms with van der Waals surface area (Å²) in [5.74, 6) is -0.0436. The lowest BCUT2D eigenvalue weighted by Gasteiger charge is -2.32. The number of aliphatic hydroxyl groups excluding tert-OH is 1. The summed E-state index contributed by atoms with van der Waals surface area (Å²) in [7, 11) is 1.62. The highest BCUT2D eigenvalue weighted by atomic mass is 32.2. The number of carbonyl (C=O) groups is 1. The number of amides is 1. The third-order valence-corrected chi connectivity index (χ3v) is 4.48. The van der Waals surface area contributed by atoms with Crippen LogP contribution in [0, 0.1) is 12.3 Å². The van der Waals surface area contributed by atoms with E-state index in [9.17, 15) is 9.90 Å². The maximum atomic E-state index is 11.7. The van der Waals surface area contributed by atoms with E-state index < -0.39 is 6.10 Å². The zero-order chi connectivity index (χ0) is 15.3. The average Bonchev–Trinajstić information content (AvgIpc) is 2.38. The fraction of sp³-hybridized carbons (Fsp3) is 0.562. The first kappa shape index (κ1) is 17.1. The van der Waals surface area contributed by atoms with Crippen LogP contribution in [-0.2, 0) is 4.79 Å². The van der Waals surface area contributed by atoms with Crippen molar-refractivity contribution in [1.82, 2.24) is 5.32 Å². The molecule has 3 nitrogen and oxygen atoms in total. The first-order valence-electron chi connectivity index (χ1n) is 6.86. The van der Waals surface area contributed by atoms with E-state index in [1.807, 2.05) is 52.0 Å². The molecule has 1 rings (SSSR count). The van der Waals surface area contributed by atoms with Crippen LogP contribution in [0.25, 0.3) is 0 Å². The highest BCUT2D eigenvalue weighted by Gasteiger charge is 2.32. The van der Waals surface area contributed by atoms with Crippen LogP contribution in [-0.4, -0.2) is 29.4 Å². The Kier molecular flexibility index (Phi) is 6.08. The number of aryl methyl sites for hydroxylation is 1. The molecule has 0 unspecified atom stereocenters. The van der Waals surface area contributed by atoms with Crippen molar-refractivity contribution in [2.24, 2.45) is 5.41 Å². The average molecular weight is 295 g/mol. The summed E-state index contributed by atoms with van der Waals surface area (Å²) in [4.78, 5) is 12.7. The second kappa shape index (κ2) is 7.14. The maximum absolute atomic E-state index is 11.7. The van der Waals surface area contributed by atoms with Gasteiger partial charge in [-0.15, -0.1) is 11.8 Å². The summed E-state index contributed by atoms with van der Waals surface area (Å²) >= 11 is 1.57. The Morgan fingerprint density at radius 1 is 1.30 bits per heavy atom. The standard InChI is InChI=1S/C16H25NO2S/c1-11-6-8-12(9-7-11)20-13(10-14(18)17-5)15(19)16(2,3)4/h6-9,13,15,19H,10H2,1-5H3,(H,17,18)/t13-,15-/m1/s1. The van der Waals surface area contributed by atoms with Gasteiger partial charge < -0.3 is 10.4 Å². The van der Waals surface area contributed by atoms with Crippen LogP contribution in [0.4, 0.5) is 0 Å². The molecule has 1 aromatic carbocycles. The van der Waals surface area contributed by atoms with E-state index in [-0.39, 0.29) is 16.6 Å². The smallest absolute Gasteiger partial charge is 0.220 e. The van der Waals surface area contributed by atoms with E-state index in [4.69, 9.17) is 0 Å². The Balaban J connectivity index is 2.87. The van der Waals surface area contributed by atoms with Crippen molar-refractivity contribution in [3.63, 3.8) is 0 Å². The first-order chi connectivity index (χ1) is 9.24. The minimum Gasteiger partial charge on any atom is -0.391 e. The molecule has 1 aromatic rings. The second-order valence-corrected chi connectivity index (χ2v) is 7.47. The summed E-state index contributed by atoms with van der Waals surface area (Å²) in [5.41, 5.74) is 0.949. The van der Waals surface area contributed by atoms with Gasteiger partial charge in [0.2, 0.25) is 5.91 Å². The Bertz CT molecular complexity index is 437. The maximum Gasteiger partial charge on any atom is 0.220 e. The number of benzene rings is 1. The Morgan fingerprint density at radius 2 is 1.85 bits per heavy atom. The third-order valence-electron chi connectivity index (χ3n) is 3.21. The zero-order valence-electron chi connectivity index (χ0n) is 12.9. The number of thioether (sulfide) groups is 1. The molecule has 0 spiro atoms. The molecule has 20 heavy (non-hydrogen) atoms. The lowest BCUT2D eigenvalue weighted by atomic mass is 9.86. The summed E-state index contributed by atoms with van der Waals surface area (Å²) < 4.78 is 0. The van der Waals surface area contributed by atoms with Gasteiger partial charge in [0, 0.05) is 23.6 Å². The van der Waals surface area contributed by atoms with Crippen molar-refractivity contribution in [3.8, 4) is 0 Å². The number of nitrogens with one attached hydrogen (secondary N) is 1. The van der Waals surface area contributed by atoms with Crippen LogP contribution in [0.1, 0.15) is 32.8 Å². The van der Waals surface area contributed by atoms with E-state index in [0.717, 1.165) is 4.90 Å². The number of aliphatic hydroxyl groups is 1. The van der Waals surface area contributed by atoms with E-state index >= 15 is 0 Å². The van der Waals surface area contributed by atoms with Crippen LogP contribution >= 0.6 is 11.8 Å². The predicted octanol–water partition coefficient (Wildman–Crippen LogP) is 3.00. The molecule has 0 aromatic heterocycles. The molecule has 1 amide bonds. The van der Waals surface area contributed by atoms with Gasteiger partial charge in [0.05, 0.1) is 6.10 Å². The first-order valence-corrected chi connectivity index (χ1v) is 7.74. The molecule has 0 aliphatic rings. The largest absolute Gasteiger partial charge is 0.391 e. The summed E-state index contributed by atoms with van der Waals surface area (Å²) in [6.45, 7) is 8.01. The molecule has 112 valence electrons. The van der Waals surface area contributed by atoms with Gasteiger partial charge in [-0.3, -0.25) is 4.79 Å². The van der Waals surface area contributed by atoms with Crippen LogP contribution in [0.2, 0.25) is 0 Å². The van der Waals surface area contributed by atoms with Gasteiger partial charge in [0.1, 0.15) is 0 Å². The molecule has 0 radical (unpaired) electrons. The minimum absolute atomic E-state index is 0.0436. The zero-order valence-corrected chi connectivity index (χ0v) is 13.8. The van der Waals surface area contributed by atoms with Crippen LogP contribution < -0.4 is 5.32 Å². The Morgan fingerprint density at radius 3 is 2.30 bits per heavy atom. The molecule has 0 saturated heterocycles. The molecule has 0 bridgehead atoms. The topological polar surface area (TPSA) is 49.3 Å². The number of carbonyl (C=O) groups excluding carboxylic acids is 1. The molecule has 4 heteroatoms. The molecule has 2 atom stereocenters. The predicted molar refractivity (Wildman–Crippen MR) is 85.0 cm³/mol. The fourth-order valence-electron chi connectivity index (χ4n) is 1.85. The van der Waals surface area contributed by atoms with E-state index in [1.54, 1.807) is 18.8 Å². The number of rotatable bonds is 5. The number of hydrogen-bond donors (Lipinski definition) is 2. The third kappa shape index (κ3) is 5.17. The quantitative estimate of drug-likeness (QED) is 0.821. The van der Waals surface area contributed by atoms with Crippen molar-refractivity contribution in [2.45, 2.75) is 50.4 Å². The van der Waals surface area contributed by atoms with Gasteiger partial charge in [0.15, 0.2) is 0 Å². The lowest BCUT2D eigenvalue weighted by molar-refractivity contribution is -0.121. The van der Waals surface area contributed by atoms with E-state index in [0.29, 0.717) is 6.42 Å². The van der Waals surface area contributed by atoms with Crippen molar-refractivity contribution in [1.29, 1.82) is 0 Å². The molecule has 2 N–H and O–H groups in total. The molecule has 0 fully saturated rings. The molecule has 0 heterocycles. The summed E-state index contributed by atoms with van der Waals surface area (Å²) in [6, 6.07) is 8.16. The van der Waals surface area contributed by atoms with Crippen molar-refractivity contribution >= 4 is 17.7 Å². The van der Waals surface area contributed by atoms with Crippen LogP contribution in [0.5, 0.6) is 0 Å². The highest BCUT2D eigenvalue weighted by Crippen LogP contribution is 2.34. The van der Waals surface area contributed by atoms with Gasteiger partial charge in [-0.2, -0.15) is 0 Å². The highest BCUT2D eigenvalue weighted by molar-refractivity contribution is 8.00. The van der Waals surface area contributed by atoms with Gasteiger partial charge in [-0.05, 0) is 24.5 Å². The van der Waals surface area contributed by atoms with Crippen molar-refractivity contribution < 1.29 is 9.90 Å². The number of hydrogen-bond acceptors (Lipinski definition) is 3. The SMILES string of the molecule is CNC(=O)C[C@@H](Sc1ccc(C)cc1)[C@@H](O)C(C)(C)C. The normalized spacial score (nSPS) is 14.7. The van der Waals surface area contributed by atoms with Gasteiger partial charge in [-0.1, -0.05) is 38.5 Å². The second-order valence-electron chi connectivity index (χ2n) is 6.16.